The Balaban J connectivity index is 1.36. The van der Waals surface area contributed by atoms with Crippen LogP contribution in [0.3, 0.4) is 0 Å². The monoisotopic (exact) mass is 1880 g/mol. The highest BCUT2D eigenvalue weighted by atomic mass is 33.1. The quantitative estimate of drug-likeness (QED) is 0.0173. The van der Waals surface area contributed by atoms with E-state index in [1.807, 2.05) is 31.2 Å². The number of hydrogen-bond donors (Lipinski definition) is 22. The number of nitrogens with one attached hydrogen (secondary N) is 15. The molecule has 5 aromatic carbocycles. The highest BCUT2D eigenvalue weighted by Gasteiger charge is 2.47. The van der Waals surface area contributed by atoms with Gasteiger partial charge in [0.1, 0.15) is 95.9 Å². The summed E-state index contributed by atoms with van der Waals surface area (Å²) in [6.45, 7) is 14.2. The second kappa shape index (κ2) is 50.6. The molecule has 0 spiro atoms. The molecule has 40 nitrogen and oxygen atoms in total. The number of Topliss-reactive ketones (excluding diaryl/α,β-unsaturated/α-hetero) is 1. The lowest BCUT2D eigenvalue weighted by molar-refractivity contribution is -0.138. The Hall–Kier alpha value is -12.9. The van der Waals surface area contributed by atoms with Gasteiger partial charge in [-0.3, -0.25) is 76.7 Å². The highest BCUT2D eigenvalue weighted by molar-refractivity contribution is 8.77. The number of phenolic OH excluding ortho intramolecular Hbond substituents is 1. The fraction of sp³-hybridized carbons (Fsp3) is 0.484. The van der Waals surface area contributed by atoms with Crippen LogP contribution in [0, 0.1) is 6.92 Å². The molecule has 1 aliphatic heterocycles. The minimum Gasteiger partial charge on any atom is -0.508 e. The van der Waals surface area contributed by atoms with Gasteiger partial charge in [-0.1, -0.05) is 107 Å². The fourth-order valence-electron chi connectivity index (χ4n) is 14.8. The van der Waals surface area contributed by atoms with Gasteiger partial charge < -0.3 is 123 Å². The smallest absolute Gasteiger partial charge is 0.312 e. The van der Waals surface area contributed by atoms with Crippen molar-refractivity contribution in [1.82, 2.24) is 79.4 Å². The van der Waals surface area contributed by atoms with Gasteiger partial charge in [-0.2, -0.15) is 0 Å². The van der Waals surface area contributed by atoms with Crippen molar-refractivity contribution in [3.8, 4) is 11.5 Å². The molecule has 0 bridgehead atoms. The number of urea groups is 1. The fourth-order valence-corrected chi connectivity index (χ4v) is 17.6. The molecule has 0 saturated carbocycles. The zero-order valence-corrected chi connectivity index (χ0v) is 77.9. The molecular weight excluding hydrogens is 1760 g/mol. The summed E-state index contributed by atoms with van der Waals surface area (Å²) >= 11 is 0. The van der Waals surface area contributed by atoms with E-state index in [0.29, 0.717) is 44.3 Å². The first kappa shape index (κ1) is 107. The van der Waals surface area contributed by atoms with Crippen LogP contribution in [0.1, 0.15) is 154 Å². The number of para-hydroxylation sites is 1. The van der Waals surface area contributed by atoms with Crippen molar-refractivity contribution in [2.45, 2.75) is 247 Å². The van der Waals surface area contributed by atoms with E-state index in [2.05, 4.69) is 79.4 Å². The number of unbranched alkanes of at least 4 members (excludes halogenated alkanes) is 2. The third-order valence-corrected chi connectivity index (χ3v) is 26.4. The van der Waals surface area contributed by atoms with E-state index < -0.39 is 201 Å². The lowest BCUT2D eigenvalue weighted by atomic mass is 9.91. The van der Waals surface area contributed by atoms with Gasteiger partial charge >= 0.3 is 6.03 Å². The molecule has 0 unspecified atom stereocenters. The number of hydrogen-bond acceptors (Lipinski definition) is 24. The molecule has 1 fully saturated rings. The number of aryl methyl sites for hydroxylation is 1. The van der Waals surface area contributed by atoms with E-state index in [0.717, 1.165) is 53.3 Å². The van der Waals surface area contributed by atoms with Gasteiger partial charge in [0.15, 0.2) is 0 Å². The molecule has 17 amide bonds. The summed E-state index contributed by atoms with van der Waals surface area (Å²) in [5.41, 5.74) is 29.9. The number of phenols is 1. The summed E-state index contributed by atoms with van der Waals surface area (Å²) in [6, 6.07) is 10.0. The van der Waals surface area contributed by atoms with E-state index >= 15 is 28.8 Å². The van der Waals surface area contributed by atoms with Crippen LogP contribution >= 0.6 is 21.6 Å². The Morgan fingerprint density at radius 2 is 1.14 bits per heavy atom. The predicted molar refractivity (Wildman–Crippen MR) is 500 cm³/mol. The summed E-state index contributed by atoms with van der Waals surface area (Å²) in [5.74, 6) is -15.3. The van der Waals surface area contributed by atoms with Crippen molar-refractivity contribution in [3.05, 3.63) is 143 Å². The molecule has 13 atom stereocenters. The van der Waals surface area contributed by atoms with Crippen molar-refractivity contribution in [3.63, 3.8) is 0 Å². The average molecular weight is 1880 g/mol. The second-order valence-electron chi connectivity index (χ2n) is 34.3. The normalized spacial score (nSPS) is 19.0. The van der Waals surface area contributed by atoms with Gasteiger partial charge in [0.05, 0.1) is 12.5 Å². The number of primary amides is 3. The second-order valence-corrected chi connectivity index (χ2v) is 37.8. The standard InChI is InChI=1S/C91H126N20O20S2/c1-49-19-17-22-62-59(48-99-72(49)62)46-69-81(123)101-63(24-18-39-98-88(96)130)78(120)110-75(90(8,9)133-132-89(6,7)74(100-53(5)115)85(127)107-70(47-71(94)117)82(124)109-73(51(3)113)84(126)105-69)86(128)106-67(44-55-28-33-61(34-29-55)131-40-37-93)80(122)104-68(45-56-25-30-57-20-11-12-21-58(57)42-56)83(125)111-91(10,35-14-15-36-92)87(129)108-64(23-13-16-38-97-52(4)114)77(119)103-66(41-50(2)112)79(121)102-65(76(95)118)43-54-26-31-60(116)32-27-54/h11-12,17,19-22,25-34,42,48,51,63-70,73-75,99,113,116H,13-16,18,23-24,35-41,43-47,92-93H2,1-10H3,(H2,94,117)(H2,95,118)(H,97,114)(H,100,115)(H,101,123)(H,102,121)(H,103,119)(H,104,122)(H,105,126)(H,106,128)(H,107,127)(H,108,129)(H,109,124)(H,110,120)(H,111,125)(H3,96,98,130)/t51-,63+,64+,65-,66+,67+,68+,69+,70+,73+,74-,75-,91+/m1/s1. The van der Waals surface area contributed by atoms with Crippen LogP contribution in [0.25, 0.3) is 21.7 Å². The largest absolute Gasteiger partial charge is 0.508 e. The average Bonchev–Trinajstić information content (AvgIpc) is 1.61. The lowest BCUT2D eigenvalue weighted by Crippen LogP contribution is -2.65. The maximum Gasteiger partial charge on any atom is 0.312 e. The molecule has 7 rings (SSSR count). The number of aromatic nitrogens is 1. The Morgan fingerprint density at radius 3 is 1.77 bits per heavy atom. The van der Waals surface area contributed by atoms with Crippen LogP contribution < -0.4 is 108 Å². The summed E-state index contributed by atoms with van der Waals surface area (Å²) in [7, 11) is 1.77. The number of aliphatic hydroxyl groups excluding tert-OH is 1. The van der Waals surface area contributed by atoms with E-state index in [-0.39, 0.29) is 115 Å². The Morgan fingerprint density at radius 1 is 0.564 bits per heavy atom. The van der Waals surface area contributed by atoms with Gasteiger partial charge in [0.25, 0.3) is 0 Å². The number of carbonyl (C=O) groups excluding carboxylic acids is 17. The summed E-state index contributed by atoms with van der Waals surface area (Å²) < 4.78 is 2.52. The number of fused-ring (bicyclic) bond motifs is 2. The molecule has 1 saturated heterocycles. The third kappa shape index (κ3) is 33.4. The Labute approximate surface area is 778 Å². The molecule has 42 heteroatoms. The molecular formula is C91H126N20O20S2. The van der Waals surface area contributed by atoms with Crippen LogP contribution in [0.15, 0.2) is 115 Å². The Bertz CT molecular complexity index is 5150. The highest BCUT2D eigenvalue weighted by Crippen LogP contribution is 2.47. The third-order valence-electron chi connectivity index (χ3n) is 22.2. The first-order valence-electron chi connectivity index (χ1n) is 43.8. The van der Waals surface area contributed by atoms with E-state index in [1.165, 1.54) is 65.8 Å². The van der Waals surface area contributed by atoms with Gasteiger partial charge in [-0.15, -0.1) is 0 Å². The number of benzene rings is 5. The zero-order valence-electron chi connectivity index (χ0n) is 76.3. The van der Waals surface area contributed by atoms with Crippen LogP contribution in [0.5, 0.6) is 11.5 Å². The van der Waals surface area contributed by atoms with Crippen molar-refractivity contribution in [2.75, 3.05) is 32.8 Å². The van der Waals surface area contributed by atoms with Crippen LogP contribution in [-0.2, 0) is 102 Å². The number of aromatic hydroxyl groups is 1. The molecule has 6 aromatic rings. The molecule has 27 N–H and O–H groups in total. The molecule has 722 valence electrons. The molecule has 1 aromatic heterocycles. The topological polar surface area (TPSA) is 654 Å². The minimum absolute atomic E-state index is 0.0789. The van der Waals surface area contributed by atoms with Crippen molar-refractivity contribution >= 4 is 144 Å². The minimum atomic E-state index is -2.04. The number of carbonyl (C=O) groups is 17. The Kier molecular flexibility index (Phi) is 40.8. The molecule has 2 heterocycles. The van der Waals surface area contributed by atoms with Crippen LogP contribution in [0.4, 0.5) is 4.79 Å². The summed E-state index contributed by atoms with van der Waals surface area (Å²) in [6.07, 6.45) is -2.88. The zero-order chi connectivity index (χ0) is 98.2. The van der Waals surface area contributed by atoms with Gasteiger partial charge in [-0.25, -0.2) is 4.79 Å². The number of nitrogens with two attached hydrogens (primary N) is 5. The SMILES string of the molecule is CC(=O)C[C@H](NC(=O)[C@H](CCCCNC(C)=O)NC(=O)[C@](C)(CCCCN)NC(=O)[C@H](Cc1ccc2ccccc2c1)NC(=O)[C@H](Cc1ccc(OCCN)cc1)NC(=O)[C@H]1NC(=O)[C@H](CCCNC(N)=O)NC(=O)[C@H](Cc2c[nH]c3c(C)cccc23)NC(=O)[C@H]([C@@H](C)O)NC(=O)[C@H](CC(N)=O)NC(=O)[C@@H](NC(C)=O)C(C)(C)SSC1(C)C)C(=O)N[C@H](Cc1ccc(O)cc1)C(N)=O. The molecule has 0 radical (unpaired) electrons. The maximum atomic E-state index is 16.3. The summed E-state index contributed by atoms with van der Waals surface area (Å²) in [5, 5.41) is 60.4. The van der Waals surface area contributed by atoms with Crippen molar-refractivity contribution < 1.29 is 96.5 Å². The number of aromatic amines is 1. The van der Waals surface area contributed by atoms with Crippen molar-refractivity contribution in [2.24, 2.45) is 28.7 Å². The number of ether oxygens (including phenoxy) is 1. The lowest BCUT2D eigenvalue weighted by Gasteiger charge is -2.39. The van der Waals surface area contributed by atoms with E-state index in [9.17, 15) is 63.0 Å². The van der Waals surface area contributed by atoms with Crippen LogP contribution in [-0.4, -0.2) is 236 Å². The van der Waals surface area contributed by atoms with E-state index in [1.54, 1.807) is 66.9 Å². The van der Waals surface area contributed by atoms with Crippen LogP contribution in [0.2, 0.25) is 0 Å². The van der Waals surface area contributed by atoms with Gasteiger partial charge in [0.2, 0.25) is 88.6 Å². The molecule has 0 aliphatic carbocycles. The number of H-pyrrole nitrogens is 1. The first-order valence-corrected chi connectivity index (χ1v) is 45.9. The number of ketones is 1. The van der Waals surface area contributed by atoms with Gasteiger partial charge in [0, 0.05) is 92.2 Å². The summed E-state index contributed by atoms with van der Waals surface area (Å²) in [4.78, 5) is 248. The maximum absolute atomic E-state index is 16.3. The first-order chi connectivity index (χ1) is 62.8. The number of aliphatic hydroxyl groups is 1. The molecule has 133 heavy (non-hydrogen) atoms. The number of amides is 17. The van der Waals surface area contributed by atoms with Gasteiger partial charge in [-0.05, 0) is 176 Å². The predicted octanol–water partition coefficient (Wildman–Crippen LogP) is -0.272. The number of rotatable bonds is 43. The molecule has 1 aliphatic rings. The van der Waals surface area contributed by atoms with Crippen molar-refractivity contribution in [1.29, 1.82) is 0 Å². The van der Waals surface area contributed by atoms with E-state index in [4.69, 9.17) is 33.4 Å².